The molecule has 0 saturated carbocycles. The van der Waals surface area contributed by atoms with Crippen LogP contribution in [0, 0.1) is 17.1 Å². The molecule has 0 fully saturated rings. The number of para-hydroxylation sites is 1. The van der Waals surface area contributed by atoms with Crippen LogP contribution in [0.1, 0.15) is 29.2 Å². The maximum Gasteiger partial charge on any atom is 0.191 e. The van der Waals surface area contributed by atoms with E-state index in [-0.39, 0.29) is 42.4 Å². The lowest BCUT2D eigenvalue weighted by molar-refractivity contribution is 0.261. The number of hydrogen-bond acceptors (Lipinski definition) is 3. The van der Waals surface area contributed by atoms with Gasteiger partial charge < -0.3 is 15.4 Å². The highest BCUT2D eigenvalue weighted by Gasteiger charge is 2.21. The summed E-state index contributed by atoms with van der Waals surface area (Å²) in [5.74, 6) is 1.09. The number of rotatable bonds is 3. The molecular formula is C19H20FIN4O. The molecule has 2 aromatic rings. The Morgan fingerprint density at radius 3 is 2.92 bits per heavy atom. The van der Waals surface area contributed by atoms with Gasteiger partial charge in [0.25, 0.3) is 0 Å². The molecule has 0 saturated heterocycles. The molecule has 0 spiro atoms. The fourth-order valence-corrected chi connectivity index (χ4v) is 2.81. The summed E-state index contributed by atoms with van der Waals surface area (Å²) < 4.78 is 19.5. The minimum absolute atomic E-state index is 0. The average Bonchev–Trinajstić information content (AvgIpc) is 2.66. The topological polar surface area (TPSA) is 69.4 Å². The van der Waals surface area contributed by atoms with E-state index in [1.165, 1.54) is 12.1 Å². The smallest absolute Gasteiger partial charge is 0.191 e. The van der Waals surface area contributed by atoms with Gasteiger partial charge in [-0.15, -0.1) is 24.0 Å². The Kier molecular flexibility index (Phi) is 7.21. The standard InChI is InChI=1S/C19H19FN4O.HI/c1-22-19(23-12-14-10-13(11-21)6-7-16(14)20)24-17-8-9-25-18-5-3-2-4-15(17)18;/h2-7,10,17H,8-9,12H2,1H3,(H2,22,23,24);1H. The third-order valence-corrected chi connectivity index (χ3v) is 4.11. The van der Waals surface area contributed by atoms with E-state index in [9.17, 15) is 4.39 Å². The normalized spacial score (nSPS) is 15.7. The maximum atomic E-state index is 13.9. The summed E-state index contributed by atoms with van der Waals surface area (Å²) in [5, 5.41) is 15.4. The van der Waals surface area contributed by atoms with E-state index >= 15 is 0 Å². The molecular weight excluding hydrogens is 446 g/mol. The van der Waals surface area contributed by atoms with Gasteiger partial charge in [0, 0.05) is 31.1 Å². The van der Waals surface area contributed by atoms with Crippen LogP contribution in [0.3, 0.4) is 0 Å². The fourth-order valence-electron chi connectivity index (χ4n) is 2.81. The number of hydrogen-bond donors (Lipinski definition) is 2. The van der Waals surface area contributed by atoms with Crippen molar-refractivity contribution in [3.8, 4) is 11.8 Å². The number of nitriles is 1. The molecule has 2 aromatic carbocycles. The van der Waals surface area contributed by atoms with Gasteiger partial charge in [-0.1, -0.05) is 18.2 Å². The van der Waals surface area contributed by atoms with Gasteiger partial charge in [0.15, 0.2) is 5.96 Å². The molecule has 0 amide bonds. The van der Waals surface area contributed by atoms with E-state index in [1.807, 2.05) is 30.3 Å². The van der Waals surface area contributed by atoms with Crippen molar-refractivity contribution in [1.29, 1.82) is 5.26 Å². The van der Waals surface area contributed by atoms with Crippen molar-refractivity contribution in [2.75, 3.05) is 13.7 Å². The molecule has 1 atom stereocenters. The number of guanidine groups is 1. The van der Waals surface area contributed by atoms with Crippen molar-refractivity contribution in [2.24, 2.45) is 4.99 Å². The van der Waals surface area contributed by atoms with Gasteiger partial charge in [-0.05, 0) is 24.3 Å². The summed E-state index contributed by atoms with van der Waals surface area (Å²) >= 11 is 0. The van der Waals surface area contributed by atoms with E-state index in [1.54, 1.807) is 13.1 Å². The molecule has 26 heavy (non-hydrogen) atoms. The number of ether oxygens (including phenoxy) is 1. The molecule has 0 bridgehead atoms. The predicted octanol–water partition coefficient (Wildman–Crippen LogP) is 3.50. The lowest BCUT2D eigenvalue weighted by Crippen LogP contribution is -2.40. The molecule has 2 N–H and O–H groups in total. The van der Waals surface area contributed by atoms with Crippen LogP contribution in [0.15, 0.2) is 47.5 Å². The fraction of sp³-hybridized carbons (Fsp3) is 0.263. The summed E-state index contributed by atoms with van der Waals surface area (Å²) in [5.41, 5.74) is 1.93. The Bertz CT molecular complexity index is 835. The van der Waals surface area contributed by atoms with Crippen LogP contribution in [-0.2, 0) is 6.54 Å². The molecule has 7 heteroatoms. The molecule has 1 unspecified atom stereocenters. The van der Waals surface area contributed by atoms with Gasteiger partial charge in [-0.2, -0.15) is 5.26 Å². The number of nitrogens with one attached hydrogen (secondary N) is 2. The third kappa shape index (κ3) is 4.64. The SMILES string of the molecule is CN=C(NCc1cc(C#N)ccc1F)NC1CCOc2ccccc21.I. The quantitative estimate of drug-likeness (QED) is 0.413. The van der Waals surface area contributed by atoms with Gasteiger partial charge in [-0.3, -0.25) is 4.99 Å². The molecule has 0 aliphatic carbocycles. The predicted molar refractivity (Wildman–Crippen MR) is 109 cm³/mol. The van der Waals surface area contributed by atoms with Crippen LogP contribution in [0.2, 0.25) is 0 Å². The van der Waals surface area contributed by atoms with Gasteiger partial charge in [-0.25, -0.2) is 4.39 Å². The van der Waals surface area contributed by atoms with Crippen molar-refractivity contribution in [3.63, 3.8) is 0 Å². The second-order valence-electron chi connectivity index (χ2n) is 5.72. The number of fused-ring (bicyclic) bond motifs is 1. The summed E-state index contributed by atoms with van der Waals surface area (Å²) in [6, 6.07) is 14.3. The van der Waals surface area contributed by atoms with Crippen LogP contribution >= 0.6 is 24.0 Å². The van der Waals surface area contributed by atoms with E-state index < -0.39 is 0 Å². The summed E-state index contributed by atoms with van der Waals surface area (Å²) in [4.78, 5) is 4.21. The van der Waals surface area contributed by atoms with E-state index in [0.29, 0.717) is 23.7 Å². The summed E-state index contributed by atoms with van der Waals surface area (Å²) in [6.45, 7) is 0.871. The lowest BCUT2D eigenvalue weighted by atomic mass is 10.0. The second-order valence-corrected chi connectivity index (χ2v) is 5.72. The Hall–Kier alpha value is -2.34. The van der Waals surface area contributed by atoms with Gasteiger partial charge >= 0.3 is 0 Å². The van der Waals surface area contributed by atoms with Gasteiger partial charge in [0.2, 0.25) is 0 Å². The van der Waals surface area contributed by atoms with Crippen LogP contribution in [0.25, 0.3) is 0 Å². The maximum absolute atomic E-state index is 13.9. The van der Waals surface area contributed by atoms with Crippen LogP contribution in [0.4, 0.5) is 4.39 Å². The molecule has 136 valence electrons. The minimum Gasteiger partial charge on any atom is -0.493 e. The largest absolute Gasteiger partial charge is 0.493 e. The van der Waals surface area contributed by atoms with E-state index in [2.05, 4.69) is 15.6 Å². The van der Waals surface area contributed by atoms with Crippen LogP contribution < -0.4 is 15.4 Å². The molecule has 0 aromatic heterocycles. The Morgan fingerprint density at radius 2 is 2.15 bits per heavy atom. The van der Waals surface area contributed by atoms with Crippen molar-refractivity contribution in [1.82, 2.24) is 10.6 Å². The first-order chi connectivity index (χ1) is 12.2. The first-order valence-corrected chi connectivity index (χ1v) is 8.08. The number of halogens is 2. The lowest BCUT2D eigenvalue weighted by Gasteiger charge is -2.28. The Balaban J connectivity index is 0.00000243. The second kappa shape index (κ2) is 9.38. The zero-order chi connectivity index (χ0) is 17.6. The van der Waals surface area contributed by atoms with Gasteiger partial charge in [0.05, 0.1) is 24.3 Å². The van der Waals surface area contributed by atoms with Crippen LogP contribution in [-0.4, -0.2) is 19.6 Å². The Morgan fingerprint density at radius 1 is 1.35 bits per heavy atom. The molecule has 0 radical (unpaired) electrons. The third-order valence-electron chi connectivity index (χ3n) is 4.11. The number of aliphatic imine (C=N–C) groups is 1. The van der Waals surface area contributed by atoms with Crippen molar-refractivity contribution in [2.45, 2.75) is 19.0 Å². The highest BCUT2D eigenvalue weighted by Crippen LogP contribution is 2.31. The summed E-state index contributed by atoms with van der Waals surface area (Å²) in [7, 11) is 1.67. The molecule has 1 heterocycles. The number of benzene rings is 2. The molecule has 5 nitrogen and oxygen atoms in total. The highest BCUT2D eigenvalue weighted by molar-refractivity contribution is 14.0. The summed E-state index contributed by atoms with van der Waals surface area (Å²) in [6.07, 6.45) is 0.815. The van der Waals surface area contributed by atoms with E-state index in [0.717, 1.165) is 17.7 Å². The zero-order valence-corrected chi connectivity index (χ0v) is 16.7. The van der Waals surface area contributed by atoms with Gasteiger partial charge in [0.1, 0.15) is 11.6 Å². The minimum atomic E-state index is -0.349. The first-order valence-electron chi connectivity index (χ1n) is 8.08. The Labute approximate surface area is 169 Å². The van der Waals surface area contributed by atoms with Crippen molar-refractivity contribution in [3.05, 3.63) is 65.0 Å². The molecule has 1 aliphatic heterocycles. The van der Waals surface area contributed by atoms with Crippen molar-refractivity contribution < 1.29 is 9.13 Å². The van der Waals surface area contributed by atoms with Crippen LogP contribution in [0.5, 0.6) is 5.75 Å². The number of nitrogens with zero attached hydrogens (tertiary/aromatic N) is 2. The average molecular weight is 466 g/mol. The molecule has 3 rings (SSSR count). The van der Waals surface area contributed by atoms with Crippen molar-refractivity contribution >= 4 is 29.9 Å². The van der Waals surface area contributed by atoms with E-state index in [4.69, 9.17) is 10.00 Å². The zero-order valence-electron chi connectivity index (χ0n) is 14.3. The highest BCUT2D eigenvalue weighted by atomic mass is 127. The monoisotopic (exact) mass is 466 g/mol. The first kappa shape index (κ1) is 20.0. The molecule has 1 aliphatic rings.